The summed E-state index contributed by atoms with van der Waals surface area (Å²) in [5.41, 5.74) is 3.95. The summed E-state index contributed by atoms with van der Waals surface area (Å²) >= 11 is 3.60. The van der Waals surface area contributed by atoms with Gasteiger partial charge in [-0.2, -0.15) is 0 Å². The minimum atomic E-state index is 0.336. The number of aryl methyl sites for hydroxylation is 1. The summed E-state index contributed by atoms with van der Waals surface area (Å²) < 4.78 is 6.93. The molecular weight excluding hydrogens is 228 g/mol. The molecule has 0 fully saturated rings. The van der Waals surface area contributed by atoms with Crippen molar-refractivity contribution in [3.63, 3.8) is 0 Å². The van der Waals surface area contributed by atoms with Crippen molar-refractivity contribution in [1.82, 2.24) is 0 Å². The molecule has 1 heterocycles. The Morgan fingerprint density at radius 3 is 2.85 bits per heavy atom. The number of fused-ring (bicyclic) bond motifs is 1. The normalized spacial score (nSPS) is 19.8. The van der Waals surface area contributed by atoms with E-state index >= 15 is 0 Å². The number of hydrogen-bond acceptors (Lipinski definition) is 1. The zero-order valence-electron chi connectivity index (χ0n) is 8.15. The van der Waals surface area contributed by atoms with Gasteiger partial charge in [-0.15, -0.1) is 0 Å². The molecule has 1 aliphatic rings. The molecular formula is C11H13BrO. The Kier molecular flexibility index (Phi) is 2.11. The minimum Gasteiger partial charge on any atom is -0.490 e. The van der Waals surface area contributed by atoms with Gasteiger partial charge in [-0.3, -0.25) is 0 Å². The highest BCUT2D eigenvalue weighted by Crippen LogP contribution is 2.37. The van der Waals surface area contributed by atoms with E-state index in [1.54, 1.807) is 0 Å². The van der Waals surface area contributed by atoms with E-state index in [0.29, 0.717) is 6.10 Å². The Bertz CT molecular complexity index is 358. The van der Waals surface area contributed by atoms with Gasteiger partial charge in [0, 0.05) is 16.5 Å². The first-order valence-corrected chi connectivity index (χ1v) is 5.34. The van der Waals surface area contributed by atoms with Crippen LogP contribution in [0.5, 0.6) is 5.75 Å². The lowest BCUT2D eigenvalue weighted by Gasteiger charge is -2.07. The molecule has 0 radical (unpaired) electrons. The van der Waals surface area contributed by atoms with Gasteiger partial charge in [0.25, 0.3) is 0 Å². The van der Waals surface area contributed by atoms with Crippen LogP contribution < -0.4 is 4.74 Å². The van der Waals surface area contributed by atoms with Crippen molar-refractivity contribution in [2.24, 2.45) is 0 Å². The fraction of sp³-hybridized carbons (Fsp3) is 0.455. The Morgan fingerprint density at radius 2 is 2.15 bits per heavy atom. The molecule has 0 spiro atoms. The predicted octanol–water partition coefficient (Wildman–Crippen LogP) is 3.39. The van der Waals surface area contributed by atoms with Crippen LogP contribution in [0.15, 0.2) is 10.5 Å². The topological polar surface area (TPSA) is 9.23 Å². The number of ether oxygens (including phenoxy) is 1. The minimum absolute atomic E-state index is 0.336. The van der Waals surface area contributed by atoms with E-state index in [-0.39, 0.29) is 0 Å². The lowest BCUT2D eigenvalue weighted by atomic mass is 10.0. The van der Waals surface area contributed by atoms with Gasteiger partial charge in [0.2, 0.25) is 0 Å². The van der Waals surface area contributed by atoms with Gasteiger partial charge in [-0.05, 0) is 38.0 Å². The van der Waals surface area contributed by atoms with Crippen LogP contribution in [0.4, 0.5) is 0 Å². The van der Waals surface area contributed by atoms with Gasteiger partial charge >= 0.3 is 0 Å². The molecule has 2 rings (SSSR count). The molecule has 0 bridgehead atoms. The maximum Gasteiger partial charge on any atom is 0.123 e. The molecule has 1 aromatic rings. The smallest absolute Gasteiger partial charge is 0.123 e. The summed E-state index contributed by atoms with van der Waals surface area (Å²) in [6.07, 6.45) is 1.38. The molecule has 1 atom stereocenters. The molecule has 1 aliphatic heterocycles. The van der Waals surface area contributed by atoms with E-state index in [0.717, 1.165) is 12.2 Å². The number of halogens is 1. The molecule has 1 unspecified atom stereocenters. The van der Waals surface area contributed by atoms with Crippen LogP contribution in [-0.2, 0) is 6.42 Å². The van der Waals surface area contributed by atoms with Crippen molar-refractivity contribution in [3.8, 4) is 5.75 Å². The third-order valence-electron chi connectivity index (χ3n) is 2.59. The van der Waals surface area contributed by atoms with Crippen molar-refractivity contribution >= 4 is 15.9 Å². The van der Waals surface area contributed by atoms with Crippen LogP contribution in [-0.4, -0.2) is 6.10 Å². The summed E-state index contributed by atoms with van der Waals surface area (Å²) in [7, 11) is 0. The second-order valence-corrected chi connectivity index (χ2v) is 4.53. The summed E-state index contributed by atoms with van der Waals surface area (Å²) in [6, 6.07) is 2.12. The first-order chi connectivity index (χ1) is 6.09. The van der Waals surface area contributed by atoms with E-state index in [2.05, 4.69) is 42.8 Å². The van der Waals surface area contributed by atoms with Crippen LogP contribution in [0.2, 0.25) is 0 Å². The predicted molar refractivity (Wildman–Crippen MR) is 57.4 cm³/mol. The van der Waals surface area contributed by atoms with Gasteiger partial charge in [0.1, 0.15) is 11.9 Å². The molecule has 13 heavy (non-hydrogen) atoms. The van der Waals surface area contributed by atoms with Crippen molar-refractivity contribution in [1.29, 1.82) is 0 Å². The van der Waals surface area contributed by atoms with Crippen LogP contribution in [0.1, 0.15) is 23.6 Å². The number of hydrogen-bond donors (Lipinski definition) is 0. The van der Waals surface area contributed by atoms with E-state index in [9.17, 15) is 0 Å². The van der Waals surface area contributed by atoms with Crippen LogP contribution in [0.25, 0.3) is 0 Å². The lowest BCUT2D eigenvalue weighted by molar-refractivity contribution is 0.254. The van der Waals surface area contributed by atoms with Crippen LogP contribution in [0.3, 0.4) is 0 Å². The highest BCUT2D eigenvalue weighted by Gasteiger charge is 2.22. The molecule has 70 valence electrons. The average molecular weight is 241 g/mol. The lowest BCUT2D eigenvalue weighted by Crippen LogP contribution is -2.05. The number of rotatable bonds is 0. The second kappa shape index (κ2) is 3.02. The standard InChI is InChI=1S/C11H13BrO/c1-6-4-10-9(5-7(2)13-10)8(3)11(6)12/h4,7H,5H2,1-3H3. The largest absolute Gasteiger partial charge is 0.490 e. The van der Waals surface area contributed by atoms with Crippen molar-refractivity contribution in [3.05, 3.63) is 27.2 Å². The third-order valence-corrected chi connectivity index (χ3v) is 3.81. The van der Waals surface area contributed by atoms with Crippen LogP contribution >= 0.6 is 15.9 Å². The summed E-state index contributed by atoms with van der Waals surface area (Å²) in [4.78, 5) is 0. The Labute approximate surface area is 87.2 Å². The fourth-order valence-electron chi connectivity index (χ4n) is 1.86. The maximum atomic E-state index is 5.70. The van der Waals surface area contributed by atoms with E-state index in [1.165, 1.54) is 21.2 Å². The second-order valence-electron chi connectivity index (χ2n) is 3.74. The molecule has 0 aromatic heterocycles. The Morgan fingerprint density at radius 1 is 1.46 bits per heavy atom. The fourth-order valence-corrected chi connectivity index (χ4v) is 2.22. The number of benzene rings is 1. The molecule has 1 nitrogen and oxygen atoms in total. The zero-order valence-corrected chi connectivity index (χ0v) is 9.73. The summed E-state index contributed by atoms with van der Waals surface area (Å²) in [6.45, 7) is 6.36. The van der Waals surface area contributed by atoms with E-state index in [1.807, 2.05) is 0 Å². The molecule has 0 aliphatic carbocycles. The van der Waals surface area contributed by atoms with Crippen LogP contribution in [0, 0.1) is 13.8 Å². The highest BCUT2D eigenvalue weighted by molar-refractivity contribution is 9.10. The molecule has 1 aromatic carbocycles. The third kappa shape index (κ3) is 1.37. The molecule has 0 amide bonds. The Balaban J connectivity index is 2.60. The van der Waals surface area contributed by atoms with Crippen molar-refractivity contribution in [2.75, 3.05) is 0 Å². The van der Waals surface area contributed by atoms with E-state index in [4.69, 9.17) is 4.74 Å². The molecule has 0 saturated heterocycles. The average Bonchev–Trinajstić information content (AvgIpc) is 2.42. The van der Waals surface area contributed by atoms with Gasteiger partial charge in [0.05, 0.1) is 0 Å². The molecule has 0 saturated carbocycles. The first kappa shape index (κ1) is 9.07. The Hall–Kier alpha value is -0.500. The SMILES string of the molecule is Cc1cc2c(c(C)c1Br)CC(C)O2. The zero-order chi connectivity index (χ0) is 9.59. The highest BCUT2D eigenvalue weighted by atomic mass is 79.9. The molecule has 0 N–H and O–H groups in total. The van der Waals surface area contributed by atoms with Gasteiger partial charge < -0.3 is 4.74 Å². The summed E-state index contributed by atoms with van der Waals surface area (Å²) in [5.74, 6) is 1.07. The van der Waals surface area contributed by atoms with Gasteiger partial charge in [-0.1, -0.05) is 15.9 Å². The molecule has 2 heteroatoms. The maximum absolute atomic E-state index is 5.70. The quantitative estimate of drug-likeness (QED) is 0.676. The van der Waals surface area contributed by atoms with Gasteiger partial charge in [-0.25, -0.2) is 0 Å². The van der Waals surface area contributed by atoms with Crippen molar-refractivity contribution in [2.45, 2.75) is 33.3 Å². The van der Waals surface area contributed by atoms with Crippen molar-refractivity contribution < 1.29 is 4.74 Å². The van der Waals surface area contributed by atoms with E-state index < -0.39 is 0 Å². The summed E-state index contributed by atoms with van der Waals surface area (Å²) in [5, 5.41) is 0. The van der Waals surface area contributed by atoms with Gasteiger partial charge in [0.15, 0.2) is 0 Å². The first-order valence-electron chi connectivity index (χ1n) is 4.55. The monoisotopic (exact) mass is 240 g/mol.